The highest BCUT2D eigenvalue weighted by Gasteiger charge is 2.26. The number of carbonyl (C=O) groups excluding carboxylic acids is 1. The molecule has 1 aromatic carbocycles. The Kier molecular flexibility index (Phi) is 3.86. The van der Waals surface area contributed by atoms with Crippen LogP contribution in [0.1, 0.15) is 10.6 Å². The summed E-state index contributed by atoms with van der Waals surface area (Å²) in [5.41, 5.74) is 0.247. The zero-order chi connectivity index (χ0) is 19.1. The Balaban J connectivity index is 1.40. The van der Waals surface area contributed by atoms with Gasteiger partial charge in [-0.15, -0.1) is 0 Å². The van der Waals surface area contributed by atoms with Gasteiger partial charge in [0, 0.05) is 38.4 Å². The van der Waals surface area contributed by atoms with Crippen LogP contribution < -0.4 is 10.3 Å². The van der Waals surface area contributed by atoms with Crippen LogP contribution in [-0.4, -0.2) is 42.0 Å². The molecule has 0 bridgehead atoms. The first-order valence-electron chi connectivity index (χ1n) is 9.11. The molecule has 1 saturated heterocycles. The fourth-order valence-corrected chi connectivity index (χ4v) is 3.54. The minimum Gasteiger partial charge on any atom is -0.425 e. The van der Waals surface area contributed by atoms with E-state index in [0.717, 1.165) is 5.82 Å². The van der Waals surface area contributed by atoms with Gasteiger partial charge in [0.15, 0.2) is 5.76 Å². The second-order valence-corrected chi connectivity index (χ2v) is 6.71. The molecular formula is C21H17N3O4. The van der Waals surface area contributed by atoms with Crippen molar-refractivity contribution in [3.8, 4) is 0 Å². The third kappa shape index (κ3) is 2.72. The van der Waals surface area contributed by atoms with Gasteiger partial charge in [-0.1, -0.05) is 18.2 Å². The number of anilines is 1. The molecule has 0 atom stereocenters. The van der Waals surface area contributed by atoms with Crippen LogP contribution in [0, 0.1) is 0 Å². The molecule has 5 rings (SSSR count). The van der Waals surface area contributed by atoms with Crippen molar-refractivity contribution < 1.29 is 13.6 Å². The van der Waals surface area contributed by atoms with Crippen LogP contribution in [0.5, 0.6) is 0 Å². The maximum atomic E-state index is 12.9. The molecule has 1 fully saturated rings. The van der Waals surface area contributed by atoms with Crippen molar-refractivity contribution in [2.75, 3.05) is 31.1 Å². The maximum Gasteiger partial charge on any atom is 0.302 e. The number of para-hydroxylation sites is 1. The van der Waals surface area contributed by atoms with Crippen LogP contribution in [-0.2, 0) is 0 Å². The lowest BCUT2D eigenvalue weighted by Crippen LogP contribution is -2.49. The summed E-state index contributed by atoms with van der Waals surface area (Å²) in [5.74, 6) is 0.868. The largest absolute Gasteiger partial charge is 0.425 e. The maximum absolute atomic E-state index is 12.9. The Hall–Kier alpha value is -3.61. The number of piperazine rings is 1. The van der Waals surface area contributed by atoms with E-state index >= 15 is 0 Å². The number of rotatable bonds is 2. The van der Waals surface area contributed by atoms with Gasteiger partial charge in [0.25, 0.3) is 5.91 Å². The summed E-state index contributed by atoms with van der Waals surface area (Å²) in [4.78, 5) is 33.7. The monoisotopic (exact) mass is 375 g/mol. The highest BCUT2D eigenvalue weighted by Crippen LogP contribution is 2.23. The Morgan fingerprint density at radius 1 is 0.929 bits per heavy atom. The lowest BCUT2D eigenvalue weighted by molar-refractivity contribution is 0.0715. The van der Waals surface area contributed by atoms with Crippen LogP contribution in [0.2, 0.25) is 0 Å². The quantitative estimate of drug-likeness (QED) is 0.536. The molecule has 4 aromatic rings. The second-order valence-electron chi connectivity index (χ2n) is 6.71. The SMILES string of the molecule is O=C(c1cc2c(=O)c3ccccc3oc2o1)N1CCN(c2ccccn2)CC1. The van der Waals surface area contributed by atoms with Crippen molar-refractivity contribution >= 4 is 33.9 Å². The summed E-state index contributed by atoms with van der Waals surface area (Å²) in [7, 11) is 0. The number of aromatic nitrogens is 1. The van der Waals surface area contributed by atoms with E-state index in [0.29, 0.717) is 37.1 Å². The van der Waals surface area contributed by atoms with E-state index in [2.05, 4.69) is 9.88 Å². The number of furan rings is 1. The van der Waals surface area contributed by atoms with E-state index in [1.807, 2.05) is 18.2 Å². The van der Waals surface area contributed by atoms with E-state index in [1.54, 1.807) is 35.4 Å². The van der Waals surface area contributed by atoms with Crippen molar-refractivity contribution in [1.82, 2.24) is 9.88 Å². The zero-order valence-corrected chi connectivity index (χ0v) is 15.0. The third-order valence-electron chi connectivity index (χ3n) is 5.03. The number of carbonyl (C=O) groups is 1. The molecular weight excluding hydrogens is 358 g/mol. The van der Waals surface area contributed by atoms with Crippen molar-refractivity contribution in [1.29, 1.82) is 0 Å². The molecule has 0 radical (unpaired) electrons. The number of nitrogens with zero attached hydrogens (tertiary/aromatic N) is 3. The van der Waals surface area contributed by atoms with Crippen molar-refractivity contribution in [3.05, 3.63) is 70.7 Å². The fraction of sp³-hybridized carbons (Fsp3) is 0.190. The Bertz CT molecular complexity index is 1220. The van der Waals surface area contributed by atoms with Crippen LogP contribution in [0.3, 0.4) is 0 Å². The summed E-state index contributed by atoms with van der Waals surface area (Å²) >= 11 is 0. The van der Waals surface area contributed by atoms with Gasteiger partial charge in [-0.25, -0.2) is 4.98 Å². The molecule has 4 heterocycles. The molecule has 0 saturated carbocycles. The van der Waals surface area contributed by atoms with Crippen molar-refractivity contribution in [3.63, 3.8) is 0 Å². The lowest BCUT2D eigenvalue weighted by atomic mass is 10.2. The standard InChI is InChI=1S/C21H17N3O4/c25-19-14-5-1-2-6-16(14)27-21-15(19)13-17(28-21)20(26)24-11-9-23(10-12-24)18-7-3-4-8-22-18/h1-8,13H,9-12H2. The van der Waals surface area contributed by atoms with E-state index < -0.39 is 0 Å². The van der Waals surface area contributed by atoms with Gasteiger partial charge in [0.2, 0.25) is 5.43 Å². The minimum absolute atomic E-state index is 0.0826. The van der Waals surface area contributed by atoms with E-state index in [-0.39, 0.29) is 28.3 Å². The van der Waals surface area contributed by atoms with E-state index in [4.69, 9.17) is 8.83 Å². The molecule has 0 N–H and O–H groups in total. The Morgan fingerprint density at radius 3 is 2.50 bits per heavy atom. The molecule has 1 amide bonds. The average molecular weight is 375 g/mol. The van der Waals surface area contributed by atoms with Gasteiger partial charge in [-0.05, 0) is 24.3 Å². The predicted octanol–water partition coefficient (Wildman–Crippen LogP) is 2.90. The Morgan fingerprint density at radius 2 is 1.71 bits per heavy atom. The average Bonchev–Trinajstić information content (AvgIpc) is 3.19. The van der Waals surface area contributed by atoms with Crippen LogP contribution in [0.25, 0.3) is 22.1 Å². The topological polar surface area (TPSA) is 79.8 Å². The minimum atomic E-state index is -0.240. The van der Waals surface area contributed by atoms with Gasteiger partial charge >= 0.3 is 5.78 Å². The number of fused-ring (bicyclic) bond motifs is 2. The summed E-state index contributed by atoms with van der Waals surface area (Å²) in [5, 5.41) is 0.757. The predicted molar refractivity (Wildman–Crippen MR) is 105 cm³/mol. The molecule has 7 nitrogen and oxygen atoms in total. The molecule has 1 aliphatic heterocycles. The van der Waals surface area contributed by atoms with Gasteiger partial charge in [0.1, 0.15) is 16.8 Å². The van der Waals surface area contributed by atoms with Gasteiger partial charge in [-0.2, -0.15) is 0 Å². The first kappa shape index (κ1) is 16.6. The molecule has 28 heavy (non-hydrogen) atoms. The summed E-state index contributed by atoms with van der Waals surface area (Å²) < 4.78 is 11.3. The first-order chi connectivity index (χ1) is 13.7. The number of hydrogen-bond donors (Lipinski definition) is 0. The molecule has 1 aliphatic rings. The smallest absolute Gasteiger partial charge is 0.302 e. The number of hydrogen-bond acceptors (Lipinski definition) is 6. The summed E-state index contributed by atoms with van der Waals surface area (Å²) in [6.45, 7) is 2.47. The van der Waals surface area contributed by atoms with Gasteiger partial charge in [-0.3, -0.25) is 9.59 Å². The molecule has 7 heteroatoms. The van der Waals surface area contributed by atoms with E-state index in [1.165, 1.54) is 6.07 Å². The van der Waals surface area contributed by atoms with Gasteiger partial charge < -0.3 is 18.6 Å². The molecule has 0 aliphatic carbocycles. The highest BCUT2D eigenvalue weighted by molar-refractivity contribution is 5.97. The first-order valence-corrected chi connectivity index (χ1v) is 9.11. The molecule has 140 valence electrons. The molecule has 0 spiro atoms. The zero-order valence-electron chi connectivity index (χ0n) is 15.0. The third-order valence-corrected chi connectivity index (χ3v) is 5.03. The van der Waals surface area contributed by atoms with Crippen LogP contribution in [0.4, 0.5) is 5.82 Å². The number of benzene rings is 1. The van der Waals surface area contributed by atoms with Crippen LogP contribution >= 0.6 is 0 Å². The lowest BCUT2D eigenvalue weighted by Gasteiger charge is -2.34. The Labute approximate surface area is 159 Å². The van der Waals surface area contributed by atoms with E-state index in [9.17, 15) is 9.59 Å². The van der Waals surface area contributed by atoms with Gasteiger partial charge in [0.05, 0.1) is 5.39 Å². The van der Waals surface area contributed by atoms with Crippen molar-refractivity contribution in [2.24, 2.45) is 0 Å². The highest BCUT2D eigenvalue weighted by atomic mass is 16.5. The normalized spacial score (nSPS) is 14.7. The number of amides is 1. The molecule has 3 aromatic heterocycles. The summed E-state index contributed by atoms with van der Waals surface area (Å²) in [6, 6.07) is 14.2. The summed E-state index contributed by atoms with van der Waals surface area (Å²) in [6.07, 6.45) is 1.76. The fourth-order valence-electron chi connectivity index (χ4n) is 3.54. The van der Waals surface area contributed by atoms with Crippen LogP contribution in [0.15, 0.2) is 68.4 Å². The van der Waals surface area contributed by atoms with Crippen molar-refractivity contribution in [2.45, 2.75) is 0 Å². The molecule has 0 unspecified atom stereocenters. The number of pyridine rings is 1. The second kappa shape index (κ2) is 6.53.